The van der Waals surface area contributed by atoms with E-state index in [0.717, 1.165) is 33.2 Å². The fraction of sp³-hybridized carbons (Fsp3) is 0.0577. The summed E-state index contributed by atoms with van der Waals surface area (Å²) < 4.78 is 0. The first-order chi connectivity index (χ1) is 27.5. The van der Waals surface area contributed by atoms with E-state index in [1.165, 1.54) is 55.4 Å². The average Bonchev–Trinajstić information content (AvgIpc) is 3.49. The summed E-state index contributed by atoms with van der Waals surface area (Å²) in [4.78, 5) is 17.5. The van der Waals surface area contributed by atoms with E-state index in [4.69, 9.17) is 15.0 Å². The van der Waals surface area contributed by atoms with E-state index in [9.17, 15) is 0 Å². The third kappa shape index (κ3) is 4.96. The van der Waals surface area contributed by atoms with Crippen LogP contribution in [0.5, 0.6) is 0 Å². The fourth-order valence-electron chi connectivity index (χ4n) is 9.02. The molecule has 0 spiro atoms. The molecule has 2 aliphatic rings. The molecule has 4 heteroatoms. The van der Waals surface area contributed by atoms with Crippen molar-refractivity contribution in [2.45, 2.75) is 19.3 Å². The summed E-state index contributed by atoms with van der Waals surface area (Å²) in [5.41, 5.74) is 14.1. The van der Waals surface area contributed by atoms with Crippen LogP contribution < -0.4 is 4.90 Å². The molecular formula is C52H36N4. The van der Waals surface area contributed by atoms with Gasteiger partial charge in [0.2, 0.25) is 0 Å². The van der Waals surface area contributed by atoms with Crippen molar-refractivity contribution in [1.82, 2.24) is 15.0 Å². The van der Waals surface area contributed by atoms with E-state index in [1.807, 2.05) is 60.7 Å². The van der Waals surface area contributed by atoms with Crippen LogP contribution >= 0.6 is 0 Å². The van der Waals surface area contributed by atoms with E-state index in [1.54, 1.807) is 0 Å². The van der Waals surface area contributed by atoms with Crippen molar-refractivity contribution in [1.29, 1.82) is 0 Å². The largest absolute Gasteiger partial charge is 0.316 e. The number of aromatic nitrogens is 3. The molecule has 264 valence electrons. The molecule has 1 aromatic heterocycles. The Kier molecular flexibility index (Phi) is 7.17. The first-order valence-corrected chi connectivity index (χ1v) is 19.2. The normalized spacial score (nSPS) is 13.6. The first-order valence-electron chi connectivity index (χ1n) is 19.2. The lowest BCUT2D eigenvalue weighted by Crippen LogP contribution is -2.21. The van der Waals surface area contributed by atoms with Gasteiger partial charge in [0.25, 0.3) is 0 Å². The molecule has 2 heterocycles. The second-order valence-electron chi connectivity index (χ2n) is 15.2. The maximum atomic E-state index is 5.07. The van der Waals surface area contributed by atoms with Crippen molar-refractivity contribution in [3.63, 3.8) is 0 Å². The Balaban J connectivity index is 1.09. The van der Waals surface area contributed by atoms with E-state index in [0.29, 0.717) is 17.5 Å². The standard InChI is InChI=1S/C52H36N4/c1-52(2)44-26-14-24-41(46(44)43-32-38-21-12-19-33-29-30-56(39-22-10-5-11-23-39)48(45(33)38)47(43)52)37-27-28-40-36(31-37)20-13-25-42(40)51-54-49(34-15-6-3-7-16-34)53-50(55-51)35-17-8-4-9-18-35/h3-32H,1-2H3. The molecule has 0 amide bonds. The van der Waals surface area contributed by atoms with Crippen LogP contribution in [0.15, 0.2) is 176 Å². The van der Waals surface area contributed by atoms with Crippen LogP contribution in [0.3, 0.4) is 0 Å². The highest BCUT2D eigenvalue weighted by Crippen LogP contribution is 2.58. The third-order valence-electron chi connectivity index (χ3n) is 11.6. The number of nitrogens with zero attached hydrogens (tertiary/aromatic N) is 4. The molecule has 0 radical (unpaired) electrons. The Labute approximate surface area is 326 Å². The van der Waals surface area contributed by atoms with Gasteiger partial charge in [-0.05, 0) is 85.4 Å². The highest BCUT2D eigenvalue weighted by molar-refractivity contribution is 6.12. The summed E-state index contributed by atoms with van der Waals surface area (Å²) >= 11 is 0. The van der Waals surface area contributed by atoms with Crippen LogP contribution in [-0.4, -0.2) is 15.0 Å². The monoisotopic (exact) mass is 716 g/mol. The van der Waals surface area contributed by atoms with Gasteiger partial charge in [-0.2, -0.15) is 0 Å². The molecule has 0 unspecified atom stereocenters. The molecule has 0 atom stereocenters. The van der Waals surface area contributed by atoms with Crippen molar-refractivity contribution in [3.05, 3.63) is 193 Å². The smallest absolute Gasteiger partial charge is 0.164 e. The topological polar surface area (TPSA) is 41.9 Å². The van der Waals surface area contributed by atoms with Crippen LogP contribution in [0.4, 0.5) is 11.4 Å². The number of rotatable bonds is 5. The molecular weight excluding hydrogens is 681 g/mol. The summed E-state index contributed by atoms with van der Waals surface area (Å²) in [6, 6.07) is 60.3. The molecule has 56 heavy (non-hydrogen) atoms. The van der Waals surface area contributed by atoms with Gasteiger partial charge in [-0.1, -0.05) is 159 Å². The van der Waals surface area contributed by atoms with Crippen molar-refractivity contribution >= 4 is 39.0 Å². The quantitative estimate of drug-likeness (QED) is 0.178. The maximum Gasteiger partial charge on any atom is 0.164 e. The molecule has 0 saturated heterocycles. The van der Waals surface area contributed by atoms with Gasteiger partial charge in [0.15, 0.2) is 17.5 Å². The maximum absolute atomic E-state index is 5.07. The minimum Gasteiger partial charge on any atom is -0.316 e. The van der Waals surface area contributed by atoms with Crippen LogP contribution in [0.2, 0.25) is 0 Å². The molecule has 0 fully saturated rings. The molecule has 0 saturated carbocycles. The highest BCUT2D eigenvalue weighted by Gasteiger charge is 2.41. The summed E-state index contributed by atoms with van der Waals surface area (Å²) in [7, 11) is 0. The van der Waals surface area contributed by atoms with Crippen molar-refractivity contribution < 1.29 is 0 Å². The number of fused-ring (bicyclic) bond motifs is 5. The Hall–Kier alpha value is -7.17. The minimum atomic E-state index is -0.231. The van der Waals surface area contributed by atoms with Crippen LogP contribution in [0.1, 0.15) is 30.5 Å². The van der Waals surface area contributed by atoms with E-state index in [-0.39, 0.29) is 5.41 Å². The predicted octanol–water partition coefficient (Wildman–Crippen LogP) is 13.3. The molecule has 0 N–H and O–H groups in total. The van der Waals surface area contributed by atoms with Gasteiger partial charge in [0.1, 0.15) is 0 Å². The molecule has 9 aromatic rings. The van der Waals surface area contributed by atoms with Crippen LogP contribution in [-0.2, 0) is 5.41 Å². The molecule has 8 aromatic carbocycles. The van der Waals surface area contributed by atoms with E-state index < -0.39 is 0 Å². The number of hydrogen-bond acceptors (Lipinski definition) is 4. The van der Waals surface area contributed by atoms with Crippen LogP contribution in [0, 0.1) is 0 Å². The van der Waals surface area contributed by atoms with Gasteiger partial charge in [-0.15, -0.1) is 0 Å². The molecule has 1 aliphatic carbocycles. The van der Waals surface area contributed by atoms with Gasteiger partial charge in [-0.25, -0.2) is 15.0 Å². The zero-order valence-electron chi connectivity index (χ0n) is 31.1. The van der Waals surface area contributed by atoms with Gasteiger partial charge in [-0.3, -0.25) is 0 Å². The minimum absolute atomic E-state index is 0.231. The SMILES string of the molecule is CC1(C)c2cccc(-c3ccc4c(-c5nc(-c6ccccc6)nc(-c6ccccc6)n5)cccc4c3)c2-c2cc3cccc4c3c(c21)N(c1ccccc1)C=C4. The number of hydrogen-bond donors (Lipinski definition) is 0. The van der Waals surface area contributed by atoms with Gasteiger partial charge >= 0.3 is 0 Å². The van der Waals surface area contributed by atoms with Gasteiger partial charge in [0.05, 0.1) is 5.69 Å². The van der Waals surface area contributed by atoms with E-state index in [2.05, 4.69) is 140 Å². The number of para-hydroxylation sites is 1. The lowest BCUT2D eigenvalue weighted by Gasteiger charge is -2.33. The Morgan fingerprint density at radius 3 is 1.84 bits per heavy atom. The lowest BCUT2D eigenvalue weighted by atomic mass is 9.79. The first kappa shape index (κ1) is 32.3. The molecule has 11 rings (SSSR count). The Morgan fingerprint density at radius 1 is 0.482 bits per heavy atom. The zero-order chi connectivity index (χ0) is 37.4. The number of benzene rings is 8. The zero-order valence-corrected chi connectivity index (χ0v) is 31.1. The van der Waals surface area contributed by atoms with Gasteiger partial charge in [0, 0.05) is 39.4 Å². The molecule has 1 aliphatic heterocycles. The molecule has 4 nitrogen and oxygen atoms in total. The summed E-state index contributed by atoms with van der Waals surface area (Å²) in [6.45, 7) is 4.78. The van der Waals surface area contributed by atoms with Crippen molar-refractivity contribution in [3.8, 4) is 56.4 Å². The number of anilines is 2. The van der Waals surface area contributed by atoms with Crippen molar-refractivity contribution in [2.75, 3.05) is 4.90 Å². The van der Waals surface area contributed by atoms with Gasteiger partial charge < -0.3 is 4.90 Å². The Bertz CT molecular complexity index is 2980. The second-order valence-corrected chi connectivity index (χ2v) is 15.2. The summed E-state index contributed by atoms with van der Waals surface area (Å²) in [5.74, 6) is 1.97. The predicted molar refractivity (Wildman–Crippen MR) is 232 cm³/mol. The highest BCUT2D eigenvalue weighted by atomic mass is 15.1. The summed E-state index contributed by atoms with van der Waals surface area (Å²) in [6.07, 6.45) is 4.49. The fourth-order valence-corrected chi connectivity index (χ4v) is 9.02. The average molecular weight is 717 g/mol. The molecule has 0 bridgehead atoms. The second kappa shape index (κ2) is 12.4. The third-order valence-corrected chi connectivity index (χ3v) is 11.6. The summed E-state index contributed by atoms with van der Waals surface area (Å²) in [5, 5.41) is 4.80. The van der Waals surface area contributed by atoms with E-state index >= 15 is 0 Å². The van der Waals surface area contributed by atoms with Crippen molar-refractivity contribution in [2.24, 2.45) is 0 Å². The lowest BCUT2D eigenvalue weighted by molar-refractivity contribution is 0.661. The van der Waals surface area contributed by atoms with Crippen LogP contribution in [0.25, 0.3) is 84.0 Å². The Morgan fingerprint density at radius 2 is 1.11 bits per heavy atom.